The average molecular weight is 147 g/mol. The molecule has 0 saturated carbocycles. The summed E-state index contributed by atoms with van der Waals surface area (Å²) in [7, 11) is 0. The third kappa shape index (κ3) is 0.816. The quantitative estimate of drug-likeness (QED) is 0.576. The first-order valence-corrected chi connectivity index (χ1v) is 3.20. The molecule has 0 N–H and O–H groups in total. The molecule has 0 spiro atoms. The maximum Gasteiger partial charge on any atom is 0.152 e. The summed E-state index contributed by atoms with van der Waals surface area (Å²) in [6, 6.07) is 5.35. The monoisotopic (exact) mass is 147 g/mol. The van der Waals surface area contributed by atoms with Gasteiger partial charge in [0, 0.05) is 10.9 Å². The molecule has 0 bridgehead atoms. The van der Waals surface area contributed by atoms with Crippen molar-refractivity contribution in [2.24, 2.45) is 0 Å². The Labute approximate surface area is 62.6 Å². The molecule has 0 aliphatic heterocycles. The van der Waals surface area contributed by atoms with Gasteiger partial charge in [-0.1, -0.05) is 11.2 Å². The zero-order valence-electron chi connectivity index (χ0n) is 5.65. The van der Waals surface area contributed by atoms with Crippen LogP contribution in [-0.4, -0.2) is 11.4 Å². The van der Waals surface area contributed by atoms with E-state index in [1.54, 1.807) is 12.1 Å². The Hall–Kier alpha value is -1.64. The van der Waals surface area contributed by atoms with E-state index in [1.807, 2.05) is 6.07 Å². The van der Waals surface area contributed by atoms with Gasteiger partial charge in [0.25, 0.3) is 0 Å². The molecule has 54 valence electrons. The molecule has 0 aliphatic rings. The normalized spacial score (nSPS) is 10.2. The van der Waals surface area contributed by atoms with Crippen LogP contribution in [-0.2, 0) is 0 Å². The molecule has 0 unspecified atom stereocenters. The molecular formula is C8H5NO2. The van der Waals surface area contributed by atoms with Crippen LogP contribution in [0.5, 0.6) is 0 Å². The van der Waals surface area contributed by atoms with Crippen molar-refractivity contribution in [3.8, 4) is 0 Å². The number of aldehydes is 1. The van der Waals surface area contributed by atoms with Crippen LogP contribution < -0.4 is 0 Å². The van der Waals surface area contributed by atoms with Crippen molar-refractivity contribution >= 4 is 17.2 Å². The third-order valence-electron chi connectivity index (χ3n) is 1.55. The maximum atomic E-state index is 10.4. The lowest BCUT2D eigenvalue weighted by Gasteiger charge is -1.87. The summed E-state index contributed by atoms with van der Waals surface area (Å²) in [6.45, 7) is 0. The molecule has 2 aromatic rings. The van der Waals surface area contributed by atoms with Crippen LogP contribution in [0.1, 0.15) is 10.4 Å². The number of hydrogen-bond acceptors (Lipinski definition) is 3. The van der Waals surface area contributed by atoms with Gasteiger partial charge in [0.05, 0.1) is 0 Å². The number of carbonyl (C=O) groups excluding carboxylic acids is 1. The Bertz CT molecular complexity index is 392. The van der Waals surface area contributed by atoms with Crippen molar-refractivity contribution in [2.45, 2.75) is 0 Å². The molecule has 0 aliphatic carbocycles. The maximum absolute atomic E-state index is 10.4. The molecule has 0 fully saturated rings. The second-order valence-electron chi connectivity index (χ2n) is 2.22. The van der Waals surface area contributed by atoms with Crippen molar-refractivity contribution in [3.05, 3.63) is 30.0 Å². The van der Waals surface area contributed by atoms with Crippen LogP contribution in [0.4, 0.5) is 0 Å². The summed E-state index contributed by atoms with van der Waals surface area (Å²) < 4.78 is 4.70. The summed E-state index contributed by atoms with van der Waals surface area (Å²) in [5, 5.41) is 4.54. The minimum atomic E-state index is 0.566. The van der Waals surface area contributed by atoms with Gasteiger partial charge in [0.1, 0.15) is 11.8 Å². The highest BCUT2D eigenvalue weighted by atomic mass is 16.5. The second-order valence-corrected chi connectivity index (χ2v) is 2.22. The summed E-state index contributed by atoms with van der Waals surface area (Å²) in [4.78, 5) is 10.4. The summed E-state index contributed by atoms with van der Waals surface area (Å²) >= 11 is 0. The van der Waals surface area contributed by atoms with Gasteiger partial charge in [-0.15, -0.1) is 0 Å². The van der Waals surface area contributed by atoms with E-state index in [9.17, 15) is 4.79 Å². The Balaban J connectivity index is 2.88. The topological polar surface area (TPSA) is 43.1 Å². The first kappa shape index (κ1) is 6.09. The first-order valence-electron chi connectivity index (χ1n) is 3.20. The summed E-state index contributed by atoms with van der Waals surface area (Å²) in [5.41, 5.74) is 1.19. The van der Waals surface area contributed by atoms with Gasteiger partial charge in [-0.05, 0) is 12.1 Å². The van der Waals surface area contributed by atoms with E-state index >= 15 is 0 Å². The first-order chi connectivity index (χ1) is 5.42. The van der Waals surface area contributed by atoms with Crippen LogP contribution >= 0.6 is 0 Å². The minimum absolute atomic E-state index is 0.566. The Morgan fingerprint density at radius 2 is 2.36 bits per heavy atom. The van der Waals surface area contributed by atoms with Crippen LogP contribution in [0.3, 0.4) is 0 Å². The number of hydrogen-bond donors (Lipinski definition) is 0. The fraction of sp³-hybridized carbons (Fsp3) is 0. The summed E-state index contributed by atoms with van der Waals surface area (Å²) in [6.07, 6.45) is 2.28. The minimum Gasteiger partial charge on any atom is -0.363 e. The molecule has 0 radical (unpaired) electrons. The zero-order chi connectivity index (χ0) is 7.68. The van der Waals surface area contributed by atoms with E-state index in [0.717, 1.165) is 11.7 Å². The van der Waals surface area contributed by atoms with E-state index in [-0.39, 0.29) is 0 Å². The van der Waals surface area contributed by atoms with Gasteiger partial charge < -0.3 is 4.52 Å². The van der Waals surface area contributed by atoms with Crippen LogP contribution in [0.25, 0.3) is 10.9 Å². The van der Waals surface area contributed by atoms with Gasteiger partial charge in [-0.2, -0.15) is 0 Å². The molecular weight excluding hydrogens is 142 g/mol. The van der Waals surface area contributed by atoms with E-state index < -0.39 is 0 Å². The lowest BCUT2D eigenvalue weighted by atomic mass is 10.2. The average Bonchev–Trinajstić information content (AvgIpc) is 2.50. The molecule has 3 heteroatoms. The number of nitrogens with zero attached hydrogens (tertiary/aromatic N) is 1. The number of benzene rings is 1. The highest BCUT2D eigenvalue weighted by Crippen LogP contribution is 2.14. The molecule has 0 atom stereocenters. The van der Waals surface area contributed by atoms with Gasteiger partial charge in [-0.25, -0.2) is 0 Å². The number of fused-ring (bicyclic) bond motifs is 1. The largest absolute Gasteiger partial charge is 0.363 e. The van der Waals surface area contributed by atoms with Gasteiger partial charge in [0.2, 0.25) is 0 Å². The van der Waals surface area contributed by atoms with E-state index in [1.165, 1.54) is 6.26 Å². The van der Waals surface area contributed by atoms with Crippen molar-refractivity contribution in [3.63, 3.8) is 0 Å². The Morgan fingerprint density at radius 1 is 1.45 bits per heavy atom. The van der Waals surface area contributed by atoms with Crippen LogP contribution in [0.15, 0.2) is 29.0 Å². The molecule has 0 amide bonds. The highest BCUT2D eigenvalue weighted by molar-refractivity contribution is 5.94. The third-order valence-corrected chi connectivity index (χ3v) is 1.55. The standard InChI is InChI=1S/C8H5NO2/c10-4-6-2-1-3-7-5-11-9-8(6)7/h1-5H. The smallest absolute Gasteiger partial charge is 0.152 e. The molecule has 3 nitrogen and oxygen atoms in total. The predicted octanol–water partition coefficient (Wildman–Crippen LogP) is 1.64. The van der Waals surface area contributed by atoms with E-state index in [2.05, 4.69) is 5.16 Å². The highest BCUT2D eigenvalue weighted by Gasteiger charge is 2.01. The molecule has 1 heterocycles. The summed E-state index contributed by atoms with van der Waals surface area (Å²) in [5.74, 6) is 0. The van der Waals surface area contributed by atoms with Crippen LogP contribution in [0, 0.1) is 0 Å². The fourth-order valence-corrected chi connectivity index (χ4v) is 1.01. The lowest BCUT2D eigenvalue weighted by molar-refractivity contribution is 0.112. The second kappa shape index (κ2) is 2.20. The number of rotatable bonds is 1. The van der Waals surface area contributed by atoms with Crippen molar-refractivity contribution in [1.29, 1.82) is 0 Å². The van der Waals surface area contributed by atoms with Gasteiger partial charge in [-0.3, -0.25) is 4.79 Å². The van der Waals surface area contributed by atoms with Gasteiger partial charge >= 0.3 is 0 Å². The number of aromatic nitrogens is 1. The van der Waals surface area contributed by atoms with Crippen molar-refractivity contribution in [1.82, 2.24) is 5.16 Å². The van der Waals surface area contributed by atoms with Crippen molar-refractivity contribution in [2.75, 3.05) is 0 Å². The SMILES string of the molecule is O=Cc1cccc2conc12. The Morgan fingerprint density at radius 3 is 3.18 bits per heavy atom. The van der Waals surface area contributed by atoms with Gasteiger partial charge in [0.15, 0.2) is 6.29 Å². The van der Waals surface area contributed by atoms with E-state index in [4.69, 9.17) is 4.52 Å². The zero-order valence-corrected chi connectivity index (χ0v) is 5.65. The number of carbonyl (C=O) groups is 1. The predicted molar refractivity (Wildman–Crippen MR) is 39.4 cm³/mol. The van der Waals surface area contributed by atoms with Crippen LogP contribution in [0.2, 0.25) is 0 Å². The fourth-order valence-electron chi connectivity index (χ4n) is 1.01. The van der Waals surface area contributed by atoms with E-state index in [0.29, 0.717) is 11.1 Å². The van der Waals surface area contributed by atoms with Crippen molar-refractivity contribution < 1.29 is 9.32 Å². The molecule has 1 aromatic heterocycles. The molecule has 1 aromatic carbocycles. The lowest BCUT2D eigenvalue weighted by Crippen LogP contribution is -1.80. The molecule has 11 heavy (non-hydrogen) atoms. The molecule has 0 saturated heterocycles. The Kier molecular flexibility index (Phi) is 1.22. The molecule has 2 rings (SSSR count).